The number of nitrogens with zero attached hydrogens (tertiary/aromatic N) is 2. The number of ketones is 1. The summed E-state index contributed by atoms with van der Waals surface area (Å²) in [7, 11) is 0. The molecular formula is C13H17BrN2O4. The van der Waals surface area contributed by atoms with Gasteiger partial charge in [-0.25, -0.2) is 4.79 Å². The maximum absolute atomic E-state index is 11.8. The van der Waals surface area contributed by atoms with Crippen LogP contribution in [0.15, 0.2) is 9.27 Å². The maximum atomic E-state index is 11.8. The minimum absolute atomic E-state index is 0.0287. The van der Waals surface area contributed by atoms with Gasteiger partial charge in [0.2, 0.25) is 0 Å². The van der Waals surface area contributed by atoms with Crippen LogP contribution >= 0.6 is 15.9 Å². The van der Waals surface area contributed by atoms with Crippen molar-refractivity contribution in [2.24, 2.45) is 0 Å². The summed E-state index contributed by atoms with van der Waals surface area (Å²) in [6.07, 6.45) is 0.0805. The van der Waals surface area contributed by atoms with Crippen LogP contribution in [-0.2, 0) is 20.9 Å². The van der Waals surface area contributed by atoms with E-state index >= 15 is 0 Å². The second-order valence-corrected chi connectivity index (χ2v) is 5.10. The fourth-order valence-electron chi connectivity index (χ4n) is 1.69. The number of hydrogen-bond donors (Lipinski definition) is 0. The molecule has 0 aliphatic heterocycles. The van der Waals surface area contributed by atoms with Gasteiger partial charge in [0.15, 0.2) is 5.78 Å². The molecular weight excluding hydrogens is 328 g/mol. The summed E-state index contributed by atoms with van der Waals surface area (Å²) in [4.78, 5) is 38.6. The molecule has 0 saturated heterocycles. The molecule has 0 radical (unpaired) electrons. The van der Waals surface area contributed by atoms with E-state index < -0.39 is 11.7 Å². The molecule has 0 aliphatic rings. The van der Waals surface area contributed by atoms with E-state index in [1.807, 2.05) is 0 Å². The average molecular weight is 345 g/mol. The molecule has 1 aromatic heterocycles. The molecule has 7 heteroatoms. The number of rotatable bonds is 6. The number of aryl methyl sites for hydroxylation is 1. The van der Waals surface area contributed by atoms with Crippen molar-refractivity contribution in [1.82, 2.24) is 9.55 Å². The summed E-state index contributed by atoms with van der Waals surface area (Å²) in [5.74, 6) is -0.617. The lowest BCUT2D eigenvalue weighted by molar-refractivity contribution is -0.144. The molecule has 1 heterocycles. The minimum Gasteiger partial charge on any atom is -0.466 e. The van der Waals surface area contributed by atoms with Crippen molar-refractivity contribution in [2.45, 2.75) is 40.2 Å². The lowest BCUT2D eigenvalue weighted by Crippen LogP contribution is -2.29. The van der Waals surface area contributed by atoms with Gasteiger partial charge in [-0.2, -0.15) is 4.98 Å². The summed E-state index contributed by atoms with van der Waals surface area (Å²) in [6, 6.07) is 0. The van der Waals surface area contributed by atoms with Crippen LogP contribution in [0, 0.1) is 13.8 Å². The fraction of sp³-hybridized carbons (Fsp3) is 0.538. The van der Waals surface area contributed by atoms with Gasteiger partial charge in [-0.15, -0.1) is 0 Å². The van der Waals surface area contributed by atoms with Crippen molar-refractivity contribution < 1.29 is 14.3 Å². The first-order valence-electron chi connectivity index (χ1n) is 6.27. The zero-order valence-electron chi connectivity index (χ0n) is 11.7. The Hall–Kier alpha value is -1.50. The van der Waals surface area contributed by atoms with E-state index in [0.717, 1.165) is 0 Å². The monoisotopic (exact) mass is 344 g/mol. The third-order valence-corrected chi connectivity index (χ3v) is 3.93. The number of esters is 1. The van der Waals surface area contributed by atoms with Crippen molar-refractivity contribution in [3.8, 4) is 0 Å². The van der Waals surface area contributed by atoms with E-state index in [0.29, 0.717) is 22.5 Å². The Morgan fingerprint density at radius 1 is 1.30 bits per heavy atom. The molecule has 1 aromatic rings. The second kappa shape index (κ2) is 7.33. The molecule has 0 fully saturated rings. The minimum atomic E-state index is -0.465. The molecule has 0 spiro atoms. The molecule has 0 saturated carbocycles. The highest BCUT2D eigenvalue weighted by Crippen LogP contribution is 2.16. The number of halogens is 1. The Morgan fingerprint density at radius 3 is 2.55 bits per heavy atom. The summed E-state index contributed by atoms with van der Waals surface area (Å²) >= 11 is 3.33. The van der Waals surface area contributed by atoms with Crippen molar-refractivity contribution in [1.29, 1.82) is 0 Å². The van der Waals surface area contributed by atoms with Gasteiger partial charge in [-0.3, -0.25) is 14.2 Å². The number of aromatic nitrogens is 2. The van der Waals surface area contributed by atoms with Crippen LogP contribution in [0.3, 0.4) is 0 Å². The van der Waals surface area contributed by atoms with Crippen LogP contribution in [0.4, 0.5) is 0 Å². The molecule has 0 atom stereocenters. The van der Waals surface area contributed by atoms with Gasteiger partial charge in [-0.05, 0) is 36.7 Å². The van der Waals surface area contributed by atoms with Crippen molar-refractivity contribution in [3.05, 3.63) is 26.3 Å². The topological polar surface area (TPSA) is 78.3 Å². The number of hydrogen-bond acceptors (Lipinski definition) is 5. The van der Waals surface area contributed by atoms with Gasteiger partial charge in [0.25, 0.3) is 0 Å². The quantitative estimate of drug-likeness (QED) is 0.731. The predicted octanol–water partition coefficient (Wildman–Crippen LogP) is 1.54. The van der Waals surface area contributed by atoms with Crippen molar-refractivity contribution >= 4 is 27.7 Å². The number of carbonyl (C=O) groups excluding carboxylic acids is 2. The lowest BCUT2D eigenvalue weighted by atomic mass is 10.2. The Kier molecular flexibility index (Phi) is 6.06. The standard InChI is InChI=1S/C13H17BrN2O4/c1-4-20-11(18)6-5-10(17)7-16-9(3)12(14)8(2)15-13(16)19/h4-7H2,1-3H3. The van der Waals surface area contributed by atoms with E-state index in [4.69, 9.17) is 4.74 Å². The molecule has 0 amide bonds. The maximum Gasteiger partial charge on any atom is 0.348 e. The zero-order valence-corrected chi connectivity index (χ0v) is 13.3. The fourth-order valence-corrected chi connectivity index (χ4v) is 2.00. The Labute approximate surface area is 125 Å². The van der Waals surface area contributed by atoms with Crippen LogP contribution < -0.4 is 5.69 Å². The largest absolute Gasteiger partial charge is 0.466 e. The van der Waals surface area contributed by atoms with E-state index in [-0.39, 0.29) is 25.2 Å². The molecule has 6 nitrogen and oxygen atoms in total. The first-order chi connectivity index (χ1) is 9.36. The molecule has 20 heavy (non-hydrogen) atoms. The summed E-state index contributed by atoms with van der Waals surface area (Å²) in [5.41, 5.74) is 0.766. The first kappa shape index (κ1) is 16.6. The Bertz CT molecular complexity index is 580. The van der Waals surface area contributed by atoms with Crippen LogP contribution in [0.5, 0.6) is 0 Å². The summed E-state index contributed by atoms with van der Waals surface area (Å²) in [5, 5.41) is 0. The van der Waals surface area contributed by atoms with Gasteiger partial charge in [0.1, 0.15) is 0 Å². The SMILES string of the molecule is CCOC(=O)CCC(=O)Cn1c(C)c(Br)c(C)nc1=O. The van der Waals surface area contributed by atoms with Gasteiger partial charge in [-0.1, -0.05) is 0 Å². The van der Waals surface area contributed by atoms with Crippen molar-refractivity contribution in [2.75, 3.05) is 6.61 Å². The molecule has 1 rings (SSSR count). The first-order valence-corrected chi connectivity index (χ1v) is 7.07. The second-order valence-electron chi connectivity index (χ2n) is 4.31. The van der Waals surface area contributed by atoms with Gasteiger partial charge < -0.3 is 4.74 Å². The molecule has 0 bridgehead atoms. The predicted molar refractivity (Wildman–Crippen MR) is 76.5 cm³/mol. The zero-order chi connectivity index (χ0) is 15.3. The van der Waals surface area contributed by atoms with Gasteiger partial charge in [0, 0.05) is 12.1 Å². The molecule has 0 aliphatic carbocycles. The highest BCUT2D eigenvalue weighted by atomic mass is 79.9. The average Bonchev–Trinajstić information content (AvgIpc) is 2.39. The number of carbonyl (C=O) groups is 2. The smallest absolute Gasteiger partial charge is 0.348 e. The summed E-state index contributed by atoms with van der Waals surface area (Å²) < 4.78 is 6.75. The Balaban J connectivity index is 2.75. The van der Waals surface area contributed by atoms with Crippen LogP contribution in [0.25, 0.3) is 0 Å². The van der Waals surface area contributed by atoms with E-state index in [1.165, 1.54) is 4.57 Å². The van der Waals surface area contributed by atoms with Gasteiger partial charge >= 0.3 is 11.7 Å². The highest BCUT2D eigenvalue weighted by Gasteiger charge is 2.13. The van der Waals surface area contributed by atoms with E-state index in [1.54, 1.807) is 20.8 Å². The third-order valence-electron chi connectivity index (χ3n) is 2.78. The number of ether oxygens (including phenoxy) is 1. The highest BCUT2D eigenvalue weighted by molar-refractivity contribution is 9.10. The summed E-state index contributed by atoms with van der Waals surface area (Å²) in [6.45, 7) is 5.36. The van der Waals surface area contributed by atoms with Gasteiger partial charge in [0.05, 0.1) is 29.7 Å². The van der Waals surface area contributed by atoms with Crippen LogP contribution in [-0.4, -0.2) is 27.9 Å². The molecule has 0 unspecified atom stereocenters. The molecule has 0 N–H and O–H groups in total. The van der Waals surface area contributed by atoms with E-state index in [9.17, 15) is 14.4 Å². The third kappa shape index (κ3) is 4.26. The van der Waals surface area contributed by atoms with Crippen LogP contribution in [0.2, 0.25) is 0 Å². The molecule has 110 valence electrons. The molecule has 0 aromatic carbocycles. The van der Waals surface area contributed by atoms with Crippen LogP contribution in [0.1, 0.15) is 31.2 Å². The van der Waals surface area contributed by atoms with Crippen molar-refractivity contribution in [3.63, 3.8) is 0 Å². The number of Topliss-reactive ketones (excluding diaryl/α,β-unsaturated/α-hetero) is 1. The normalized spacial score (nSPS) is 10.4. The lowest BCUT2D eigenvalue weighted by Gasteiger charge is -2.11. The Morgan fingerprint density at radius 2 is 1.95 bits per heavy atom. The van der Waals surface area contributed by atoms with E-state index in [2.05, 4.69) is 20.9 Å².